The quantitative estimate of drug-likeness (QED) is 0.287. The van der Waals surface area contributed by atoms with Crippen molar-refractivity contribution in [1.82, 2.24) is 4.98 Å². The molecule has 1 heterocycles. The van der Waals surface area contributed by atoms with Crippen molar-refractivity contribution in [2.75, 3.05) is 16.0 Å². The summed E-state index contributed by atoms with van der Waals surface area (Å²) in [4.78, 5) is 42.9. The number of aryl methyl sites for hydroxylation is 2. The fourth-order valence-electron chi connectivity index (χ4n) is 3.51. The van der Waals surface area contributed by atoms with Crippen LogP contribution in [-0.4, -0.2) is 22.7 Å². The summed E-state index contributed by atoms with van der Waals surface area (Å²) in [6, 6.07) is 7.70. The number of hydrogen-bond donors (Lipinski definition) is 3. The summed E-state index contributed by atoms with van der Waals surface area (Å²) < 4.78 is 39.1. The molecule has 1 saturated carbocycles. The lowest BCUT2D eigenvalue weighted by Gasteiger charge is -2.15. The molecular formula is C24H19Cl2F3N4O3S. The van der Waals surface area contributed by atoms with Crippen molar-refractivity contribution < 1.29 is 27.6 Å². The first-order valence-electron chi connectivity index (χ1n) is 10.8. The van der Waals surface area contributed by atoms with Crippen molar-refractivity contribution in [1.29, 1.82) is 0 Å². The lowest BCUT2D eigenvalue weighted by Crippen LogP contribution is -2.35. The molecule has 0 saturated heterocycles. The Labute approximate surface area is 223 Å². The molecular weight excluding hydrogens is 552 g/mol. The van der Waals surface area contributed by atoms with Gasteiger partial charge in [0.05, 0.1) is 32.7 Å². The van der Waals surface area contributed by atoms with Crippen LogP contribution in [0.25, 0.3) is 0 Å². The number of alkyl halides is 3. The molecule has 1 fully saturated rings. The summed E-state index contributed by atoms with van der Waals surface area (Å²) in [5.41, 5.74) is -0.987. The molecule has 2 aromatic carbocycles. The standard InChI is InChI=1S/C24H19Cl2F3N4O3S/c1-11-3-5-14(25)16(9-11)32-20(35)23(7-8-23)21(36)33-22-30-12(2)18(37-22)19(34)31-17-10-13(24(27,28)29)4-6-15(17)26/h3-6,9-10H,7-8H2,1-2H3,(H,31,34)(H,32,35)(H,30,33,36). The normalized spacial score (nSPS) is 14.1. The van der Waals surface area contributed by atoms with Crippen molar-refractivity contribution in [3.05, 3.63) is 68.1 Å². The maximum Gasteiger partial charge on any atom is 0.416 e. The number of halogens is 5. The average Bonchev–Trinajstić information content (AvgIpc) is 3.55. The van der Waals surface area contributed by atoms with Crippen molar-refractivity contribution in [2.24, 2.45) is 5.41 Å². The van der Waals surface area contributed by atoms with E-state index in [0.717, 1.165) is 35.1 Å². The molecule has 0 aliphatic heterocycles. The Morgan fingerprint density at radius 1 is 0.919 bits per heavy atom. The van der Waals surface area contributed by atoms with Gasteiger partial charge in [-0.05, 0) is 62.6 Å². The summed E-state index contributed by atoms with van der Waals surface area (Å²) in [5.74, 6) is -1.84. The fourth-order valence-corrected chi connectivity index (χ4v) is 4.70. The first-order valence-corrected chi connectivity index (χ1v) is 12.4. The number of anilines is 3. The van der Waals surface area contributed by atoms with Crippen LogP contribution >= 0.6 is 34.5 Å². The third kappa shape index (κ3) is 5.73. The Hall–Kier alpha value is -3.15. The van der Waals surface area contributed by atoms with Crippen LogP contribution in [0, 0.1) is 19.3 Å². The molecule has 3 N–H and O–H groups in total. The number of carbonyl (C=O) groups excluding carboxylic acids is 3. The van der Waals surface area contributed by atoms with Gasteiger partial charge in [-0.3, -0.25) is 14.4 Å². The number of amides is 3. The Morgan fingerprint density at radius 3 is 2.14 bits per heavy atom. The van der Waals surface area contributed by atoms with Crippen LogP contribution in [0.5, 0.6) is 0 Å². The van der Waals surface area contributed by atoms with E-state index in [4.69, 9.17) is 23.2 Å². The van der Waals surface area contributed by atoms with Crippen LogP contribution in [0.2, 0.25) is 10.0 Å². The SMILES string of the molecule is Cc1ccc(Cl)c(NC(=O)C2(C(=O)Nc3nc(C)c(C(=O)Nc4cc(C(F)(F)F)ccc4Cl)s3)CC2)c1. The van der Waals surface area contributed by atoms with Gasteiger partial charge in [0, 0.05) is 0 Å². The number of rotatable bonds is 6. The number of thiazole rings is 1. The minimum absolute atomic E-state index is 0.0598. The zero-order valence-electron chi connectivity index (χ0n) is 19.3. The van der Waals surface area contributed by atoms with E-state index in [2.05, 4.69) is 20.9 Å². The van der Waals surface area contributed by atoms with Crippen molar-refractivity contribution in [3.63, 3.8) is 0 Å². The molecule has 1 aromatic heterocycles. The molecule has 4 rings (SSSR count). The van der Waals surface area contributed by atoms with E-state index in [-0.39, 0.29) is 26.4 Å². The van der Waals surface area contributed by atoms with Gasteiger partial charge in [0.1, 0.15) is 10.3 Å². The minimum atomic E-state index is -4.61. The molecule has 7 nitrogen and oxygen atoms in total. The Kier molecular flexibility index (Phi) is 7.24. The Balaban J connectivity index is 1.46. The molecule has 3 aromatic rings. The number of benzene rings is 2. The highest BCUT2D eigenvalue weighted by Crippen LogP contribution is 2.48. The van der Waals surface area contributed by atoms with Gasteiger partial charge in [0.25, 0.3) is 5.91 Å². The Morgan fingerprint density at radius 2 is 1.51 bits per heavy atom. The highest BCUT2D eigenvalue weighted by atomic mass is 35.5. The molecule has 194 valence electrons. The minimum Gasteiger partial charge on any atom is -0.324 e. The molecule has 0 spiro atoms. The van der Waals surface area contributed by atoms with E-state index in [0.29, 0.717) is 23.6 Å². The summed E-state index contributed by atoms with van der Waals surface area (Å²) in [5, 5.41) is 7.95. The highest BCUT2D eigenvalue weighted by molar-refractivity contribution is 7.17. The van der Waals surface area contributed by atoms with E-state index in [9.17, 15) is 27.6 Å². The fraction of sp³-hybridized carbons (Fsp3) is 0.250. The van der Waals surface area contributed by atoms with Gasteiger partial charge in [-0.1, -0.05) is 40.6 Å². The summed E-state index contributed by atoms with van der Waals surface area (Å²) in [7, 11) is 0. The lowest BCUT2D eigenvalue weighted by molar-refractivity contribution is -0.137. The van der Waals surface area contributed by atoms with Crippen LogP contribution in [0.1, 0.15) is 39.3 Å². The smallest absolute Gasteiger partial charge is 0.324 e. The van der Waals surface area contributed by atoms with Gasteiger partial charge >= 0.3 is 6.18 Å². The van der Waals surface area contributed by atoms with Crippen LogP contribution in [0.4, 0.5) is 29.7 Å². The van der Waals surface area contributed by atoms with E-state index in [1.54, 1.807) is 18.2 Å². The second-order valence-electron chi connectivity index (χ2n) is 8.55. The van der Waals surface area contributed by atoms with Gasteiger partial charge in [0.2, 0.25) is 11.8 Å². The Bertz CT molecular complexity index is 1420. The summed E-state index contributed by atoms with van der Waals surface area (Å²) >= 11 is 12.9. The predicted molar refractivity (Wildman–Crippen MR) is 136 cm³/mol. The van der Waals surface area contributed by atoms with Crippen LogP contribution in [0.3, 0.4) is 0 Å². The number of nitrogens with one attached hydrogen (secondary N) is 3. The number of hydrogen-bond acceptors (Lipinski definition) is 5. The zero-order chi connectivity index (χ0) is 27.1. The molecule has 37 heavy (non-hydrogen) atoms. The topological polar surface area (TPSA) is 100 Å². The zero-order valence-corrected chi connectivity index (χ0v) is 21.7. The second kappa shape index (κ2) is 9.96. The van der Waals surface area contributed by atoms with Crippen molar-refractivity contribution >= 4 is 68.8 Å². The largest absolute Gasteiger partial charge is 0.416 e. The molecule has 3 amide bonds. The lowest BCUT2D eigenvalue weighted by atomic mass is 10.1. The van der Waals surface area contributed by atoms with Crippen LogP contribution < -0.4 is 16.0 Å². The number of aromatic nitrogens is 1. The molecule has 0 bridgehead atoms. The van der Waals surface area contributed by atoms with Gasteiger partial charge in [0.15, 0.2) is 5.13 Å². The van der Waals surface area contributed by atoms with Crippen LogP contribution in [-0.2, 0) is 15.8 Å². The van der Waals surface area contributed by atoms with Crippen molar-refractivity contribution in [2.45, 2.75) is 32.9 Å². The maximum atomic E-state index is 13.0. The maximum absolute atomic E-state index is 13.0. The van der Waals surface area contributed by atoms with E-state index in [1.807, 2.05) is 6.92 Å². The van der Waals surface area contributed by atoms with Gasteiger partial charge in [-0.2, -0.15) is 13.2 Å². The second-order valence-corrected chi connectivity index (χ2v) is 10.4. The van der Waals surface area contributed by atoms with Crippen molar-refractivity contribution in [3.8, 4) is 0 Å². The molecule has 0 radical (unpaired) electrons. The summed E-state index contributed by atoms with van der Waals surface area (Å²) in [6.45, 7) is 3.35. The van der Waals surface area contributed by atoms with Gasteiger partial charge < -0.3 is 16.0 Å². The van der Waals surface area contributed by atoms with E-state index >= 15 is 0 Å². The van der Waals surface area contributed by atoms with E-state index in [1.165, 1.54) is 6.92 Å². The van der Waals surface area contributed by atoms with E-state index < -0.39 is 34.9 Å². The van der Waals surface area contributed by atoms with Crippen LogP contribution in [0.15, 0.2) is 36.4 Å². The first-order chi connectivity index (χ1) is 17.3. The third-order valence-corrected chi connectivity index (χ3v) is 7.49. The molecule has 0 atom stereocenters. The average molecular weight is 571 g/mol. The molecule has 1 aliphatic rings. The first kappa shape index (κ1) is 26.9. The molecule has 0 unspecified atom stereocenters. The molecule has 1 aliphatic carbocycles. The molecule has 13 heteroatoms. The number of carbonyl (C=O) groups is 3. The third-order valence-electron chi connectivity index (χ3n) is 5.75. The van der Waals surface area contributed by atoms with Gasteiger partial charge in [-0.25, -0.2) is 4.98 Å². The summed E-state index contributed by atoms with van der Waals surface area (Å²) in [6.07, 6.45) is -3.97. The van der Waals surface area contributed by atoms with Gasteiger partial charge in [-0.15, -0.1) is 0 Å². The highest BCUT2D eigenvalue weighted by Gasteiger charge is 2.57. The number of nitrogens with zero attached hydrogens (tertiary/aromatic N) is 1. The monoisotopic (exact) mass is 570 g/mol. The predicted octanol–water partition coefficient (Wildman–Crippen LogP) is 6.70.